The predicted molar refractivity (Wildman–Crippen MR) is 136 cm³/mol. The number of aliphatic hydroxyl groups excluding tert-OH is 1. The minimum absolute atomic E-state index is 0.0184. The Morgan fingerprint density at radius 3 is 2.36 bits per heavy atom. The molecule has 3 aliphatic rings. The molecule has 2 aliphatic heterocycles. The fourth-order valence-electron chi connectivity index (χ4n) is 5.92. The molecule has 3 heterocycles. The van der Waals surface area contributed by atoms with Crippen molar-refractivity contribution in [2.45, 2.75) is 64.4 Å². The topological polar surface area (TPSA) is 91.3 Å². The molecule has 1 saturated carbocycles. The number of ether oxygens (including phenoxy) is 2. The van der Waals surface area contributed by atoms with E-state index < -0.39 is 6.10 Å². The molecule has 9 heteroatoms. The monoisotopic (exact) mass is 495 g/mol. The number of hydrogen-bond donors (Lipinski definition) is 1. The van der Waals surface area contributed by atoms with E-state index in [0.29, 0.717) is 30.2 Å². The lowest BCUT2D eigenvalue weighted by Crippen LogP contribution is -2.65. The normalized spacial score (nSPS) is 24.7. The Hall–Kier alpha value is -2.91. The van der Waals surface area contributed by atoms with Crippen molar-refractivity contribution in [3.05, 3.63) is 48.3 Å². The average molecular weight is 496 g/mol. The van der Waals surface area contributed by atoms with Crippen LogP contribution >= 0.6 is 0 Å². The van der Waals surface area contributed by atoms with Crippen LogP contribution in [0.4, 0.5) is 10.7 Å². The first kappa shape index (κ1) is 24.8. The molecular formula is C27H37N5O4. The highest BCUT2D eigenvalue weighted by atomic mass is 16.6. The quantitative estimate of drug-likeness (QED) is 0.627. The van der Waals surface area contributed by atoms with Gasteiger partial charge in [0.05, 0.1) is 30.6 Å². The van der Waals surface area contributed by atoms with E-state index in [0.717, 1.165) is 32.5 Å². The lowest BCUT2D eigenvalue weighted by molar-refractivity contribution is -0.137. The van der Waals surface area contributed by atoms with Crippen LogP contribution in [-0.2, 0) is 11.3 Å². The molecule has 9 nitrogen and oxygen atoms in total. The molecule has 3 fully saturated rings. The summed E-state index contributed by atoms with van der Waals surface area (Å²) in [7, 11) is 0. The zero-order valence-corrected chi connectivity index (χ0v) is 21.4. The van der Waals surface area contributed by atoms with Gasteiger partial charge in [-0.3, -0.25) is 9.80 Å². The second-order valence-electron chi connectivity index (χ2n) is 10.9. The van der Waals surface area contributed by atoms with Gasteiger partial charge in [0.25, 0.3) is 0 Å². The lowest BCUT2D eigenvalue weighted by atomic mass is 9.61. The maximum absolute atomic E-state index is 13.1. The Morgan fingerprint density at radius 2 is 1.75 bits per heavy atom. The minimum Gasteiger partial charge on any atom is -0.488 e. The van der Waals surface area contributed by atoms with Crippen LogP contribution in [0.3, 0.4) is 0 Å². The first-order valence-electron chi connectivity index (χ1n) is 12.9. The Kier molecular flexibility index (Phi) is 7.03. The average Bonchev–Trinajstić information content (AvgIpc) is 2.80. The van der Waals surface area contributed by atoms with E-state index in [2.05, 4.69) is 50.1 Å². The van der Waals surface area contributed by atoms with Gasteiger partial charge in [0.2, 0.25) is 5.95 Å². The molecule has 2 aromatic rings. The van der Waals surface area contributed by atoms with Crippen molar-refractivity contribution in [3.8, 4) is 5.75 Å². The number of aliphatic hydroxyl groups is 1. The first-order valence-corrected chi connectivity index (χ1v) is 12.9. The second kappa shape index (κ2) is 10.2. The third-order valence-electron chi connectivity index (χ3n) is 7.47. The van der Waals surface area contributed by atoms with Crippen LogP contribution in [0.1, 0.15) is 39.2 Å². The highest BCUT2D eigenvalue weighted by molar-refractivity contribution is 5.69. The lowest BCUT2D eigenvalue weighted by Gasteiger charge is -2.58. The van der Waals surface area contributed by atoms with Gasteiger partial charge in [-0.25, -0.2) is 14.8 Å². The molecule has 1 amide bonds. The van der Waals surface area contributed by atoms with Gasteiger partial charge >= 0.3 is 6.09 Å². The second-order valence-corrected chi connectivity index (χ2v) is 10.9. The summed E-state index contributed by atoms with van der Waals surface area (Å²) in [5.41, 5.74) is 1.68. The van der Waals surface area contributed by atoms with Crippen molar-refractivity contribution >= 4 is 12.0 Å². The van der Waals surface area contributed by atoms with Gasteiger partial charge < -0.3 is 19.5 Å². The van der Waals surface area contributed by atoms with Crippen LogP contribution in [0.25, 0.3) is 0 Å². The number of carbonyl (C=O) groups is 1. The number of likely N-dealkylation sites (tertiary alicyclic amines) is 1. The number of piperazine rings is 1. The maximum Gasteiger partial charge on any atom is 0.410 e. The van der Waals surface area contributed by atoms with Gasteiger partial charge in [-0.1, -0.05) is 30.3 Å². The van der Waals surface area contributed by atoms with Crippen molar-refractivity contribution in [3.63, 3.8) is 0 Å². The molecule has 1 N–H and O–H groups in total. The summed E-state index contributed by atoms with van der Waals surface area (Å²) in [6.07, 6.45) is 4.42. The van der Waals surface area contributed by atoms with E-state index in [9.17, 15) is 9.90 Å². The van der Waals surface area contributed by atoms with Crippen molar-refractivity contribution in [2.24, 2.45) is 5.41 Å². The Labute approximate surface area is 213 Å². The van der Waals surface area contributed by atoms with Crippen LogP contribution in [0, 0.1) is 5.41 Å². The largest absolute Gasteiger partial charge is 0.488 e. The molecule has 1 aromatic carbocycles. The van der Waals surface area contributed by atoms with Crippen molar-refractivity contribution in [1.29, 1.82) is 0 Å². The van der Waals surface area contributed by atoms with Gasteiger partial charge in [-0.2, -0.15) is 0 Å². The molecule has 1 aromatic heterocycles. The van der Waals surface area contributed by atoms with Crippen LogP contribution in [0.15, 0.2) is 42.7 Å². The number of carbonyl (C=O) groups excluding carboxylic acids is 1. The number of amides is 1. The van der Waals surface area contributed by atoms with Gasteiger partial charge in [-0.15, -0.1) is 0 Å². The summed E-state index contributed by atoms with van der Waals surface area (Å²) < 4.78 is 11.4. The SMILES string of the molecule is C[C@@H]1CN(c2ncc(OC[C@@H](C)O)cn2)C[C@H](C)N1C(=O)OC1CC2(C1)CN(Cc1ccccc1)C2. The predicted octanol–water partition coefficient (Wildman–Crippen LogP) is 2.94. The Balaban J connectivity index is 1.07. The summed E-state index contributed by atoms with van der Waals surface area (Å²) in [4.78, 5) is 28.3. The smallest absolute Gasteiger partial charge is 0.410 e. The van der Waals surface area contributed by atoms with Gasteiger partial charge in [-0.05, 0) is 39.2 Å². The summed E-state index contributed by atoms with van der Waals surface area (Å²) in [6.45, 7) is 10.4. The van der Waals surface area contributed by atoms with Crippen LogP contribution < -0.4 is 9.64 Å². The summed E-state index contributed by atoms with van der Waals surface area (Å²) in [5, 5.41) is 9.36. The molecule has 194 valence electrons. The zero-order valence-electron chi connectivity index (χ0n) is 21.4. The van der Waals surface area contributed by atoms with E-state index in [1.807, 2.05) is 18.7 Å². The van der Waals surface area contributed by atoms with E-state index in [1.54, 1.807) is 19.3 Å². The fourth-order valence-corrected chi connectivity index (χ4v) is 5.92. The van der Waals surface area contributed by atoms with Crippen LogP contribution in [0.5, 0.6) is 5.75 Å². The molecule has 0 radical (unpaired) electrons. The Bertz CT molecular complexity index is 1010. The molecule has 0 bridgehead atoms. The van der Waals surface area contributed by atoms with E-state index in [-0.39, 0.29) is 30.9 Å². The molecule has 5 rings (SSSR count). The summed E-state index contributed by atoms with van der Waals surface area (Å²) >= 11 is 0. The van der Waals surface area contributed by atoms with E-state index in [1.165, 1.54) is 5.56 Å². The minimum atomic E-state index is -0.548. The molecule has 36 heavy (non-hydrogen) atoms. The number of hydrogen-bond acceptors (Lipinski definition) is 8. The highest BCUT2D eigenvalue weighted by Crippen LogP contribution is 2.50. The third-order valence-corrected chi connectivity index (χ3v) is 7.47. The van der Waals surface area contributed by atoms with Gasteiger partial charge in [0, 0.05) is 38.1 Å². The number of anilines is 1. The highest BCUT2D eigenvalue weighted by Gasteiger charge is 2.54. The number of aromatic nitrogens is 2. The number of benzene rings is 1. The standard InChI is InChI=1S/C27H37N5O4/c1-19-13-31(25-28-11-24(12-29-25)35-16-21(3)33)14-20(2)32(19)26(34)36-23-9-27(10-23)17-30(18-27)15-22-7-5-4-6-8-22/h4-8,11-12,19-21,23,33H,9-10,13-18H2,1-3H3/t19-,20+,21-/m1/s1. The Morgan fingerprint density at radius 1 is 1.11 bits per heavy atom. The zero-order chi connectivity index (χ0) is 25.3. The molecule has 3 atom stereocenters. The molecule has 1 aliphatic carbocycles. The van der Waals surface area contributed by atoms with Crippen LogP contribution in [-0.4, -0.2) is 88.0 Å². The number of nitrogens with zero attached hydrogens (tertiary/aromatic N) is 5. The first-order chi connectivity index (χ1) is 17.3. The summed E-state index contributed by atoms with van der Waals surface area (Å²) in [6, 6.07) is 10.5. The molecular weight excluding hydrogens is 458 g/mol. The van der Waals surface area contributed by atoms with Crippen molar-refractivity contribution in [2.75, 3.05) is 37.7 Å². The number of rotatable bonds is 7. The van der Waals surface area contributed by atoms with E-state index in [4.69, 9.17) is 9.47 Å². The van der Waals surface area contributed by atoms with E-state index >= 15 is 0 Å². The van der Waals surface area contributed by atoms with Crippen molar-refractivity contribution in [1.82, 2.24) is 19.8 Å². The molecule has 2 saturated heterocycles. The summed E-state index contributed by atoms with van der Waals surface area (Å²) in [5.74, 6) is 1.13. The van der Waals surface area contributed by atoms with Crippen molar-refractivity contribution < 1.29 is 19.4 Å². The maximum atomic E-state index is 13.1. The fraction of sp³-hybridized carbons (Fsp3) is 0.593. The molecule has 1 spiro atoms. The van der Waals surface area contributed by atoms with Gasteiger partial charge in [0.1, 0.15) is 12.7 Å². The van der Waals surface area contributed by atoms with Crippen LogP contribution in [0.2, 0.25) is 0 Å². The molecule has 0 unspecified atom stereocenters. The third kappa shape index (κ3) is 5.42. The van der Waals surface area contributed by atoms with Gasteiger partial charge in [0.15, 0.2) is 5.75 Å².